The highest BCUT2D eigenvalue weighted by atomic mass is 16.5. The molecule has 6 aliphatic rings. The predicted molar refractivity (Wildman–Crippen MR) is 163 cm³/mol. The van der Waals surface area contributed by atoms with E-state index in [1.54, 1.807) is 6.20 Å². The van der Waals surface area contributed by atoms with E-state index in [1.807, 2.05) is 35.4 Å². The normalized spacial score (nSPS) is 32.7. The van der Waals surface area contributed by atoms with Crippen molar-refractivity contribution in [3.63, 3.8) is 0 Å². The van der Waals surface area contributed by atoms with Crippen LogP contribution in [0, 0.1) is 29.1 Å². The molecule has 8 rings (SSSR count). The third-order valence-corrected chi connectivity index (χ3v) is 11.1. The Kier molecular flexibility index (Phi) is 7.18. The number of amides is 3. The zero-order valence-electron chi connectivity index (χ0n) is 24.9. The van der Waals surface area contributed by atoms with Crippen molar-refractivity contribution >= 4 is 35.0 Å². The Balaban J connectivity index is 1.13. The second-order valence-electron chi connectivity index (χ2n) is 13.5. The monoisotopic (exact) mass is 586 g/mol. The molecule has 4 saturated carbocycles. The number of fused-ring (bicyclic) bond motifs is 1. The quantitative estimate of drug-likeness (QED) is 0.493. The van der Waals surface area contributed by atoms with Crippen molar-refractivity contribution in [1.29, 1.82) is 0 Å². The number of pyridine rings is 1. The summed E-state index contributed by atoms with van der Waals surface area (Å²) in [5.74, 6) is 1.04. The first kappa shape index (κ1) is 28.0. The molecule has 4 aliphatic carbocycles. The fraction of sp³-hybridized carbons (Fsp3) is 0.576. The summed E-state index contributed by atoms with van der Waals surface area (Å²) in [4.78, 5) is 49.7. The van der Waals surface area contributed by atoms with Crippen LogP contribution in [0.5, 0.6) is 0 Å². The fourth-order valence-electron chi connectivity index (χ4n) is 9.33. The first-order chi connectivity index (χ1) is 20.8. The number of methoxy groups -OCH3 is 1. The highest BCUT2D eigenvalue weighted by molar-refractivity contribution is 5.97. The number of carbonyl (C=O) groups excluding carboxylic acids is 3. The third-order valence-electron chi connectivity index (χ3n) is 11.1. The Hall–Kier alpha value is -3.82. The van der Waals surface area contributed by atoms with Gasteiger partial charge in [-0.1, -0.05) is 12.1 Å². The molecule has 1 aromatic heterocycles. The van der Waals surface area contributed by atoms with Crippen LogP contribution in [0.15, 0.2) is 48.8 Å². The van der Waals surface area contributed by atoms with E-state index in [9.17, 15) is 14.4 Å². The van der Waals surface area contributed by atoms with Crippen LogP contribution < -0.4 is 25.8 Å². The molecule has 0 spiro atoms. The Bertz CT molecular complexity index is 1370. The summed E-state index contributed by atoms with van der Waals surface area (Å²) in [6, 6.07) is 12.2. The maximum atomic E-state index is 14.0. The third kappa shape index (κ3) is 4.98. The molecular formula is C33H42N6O4. The highest BCUT2D eigenvalue weighted by Gasteiger charge is 2.58. The predicted octanol–water partition coefficient (Wildman–Crippen LogP) is 3.90. The van der Waals surface area contributed by atoms with Crippen LogP contribution in [0.25, 0.3) is 0 Å². The molecule has 10 nitrogen and oxygen atoms in total. The number of ether oxygens (including phenoxy) is 1. The molecule has 10 heteroatoms. The van der Waals surface area contributed by atoms with Gasteiger partial charge >= 0.3 is 12.0 Å². The lowest BCUT2D eigenvalue weighted by atomic mass is 9.47. The summed E-state index contributed by atoms with van der Waals surface area (Å²) in [6.45, 7) is 2.03. The number of esters is 1. The first-order valence-corrected chi connectivity index (χ1v) is 15.8. The lowest BCUT2D eigenvalue weighted by molar-refractivity contribution is -0.145. The van der Waals surface area contributed by atoms with E-state index in [0.717, 1.165) is 68.6 Å². The summed E-state index contributed by atoms with van der Waals surface area (Å²) in [7, 11) is 1.45. The highest BCUT2D eigenvalue weighted by Crippen LogP contribution is 2.60. The summed E-state index contributed by atoms with van der Waals surface area (Å²) < 4.78 is 5.01. The lowest BCUT2D eigenvalue weighted by Gasteiger charge is -2.59. The minimum atomic E-state index is -0.373. The van der Waals surface area contributed by atoms with Crippen molar-refractivity contribution in [3.05, 3.63) is 48.8 Å². The van der Waals surface area contributed by atoms with Crippen molar-refractivity contribution in [2.24, 2.45) is 34.8 Å². The van der Waals surface area contributed by atoms with E-state index in [4.69, 9.17) is 10.5 Å². The number of rotatable bonds is 6. The Labute approximate surface area is 252 Å². The number of nitrogens with one attached hydrogen (secondary N) is 1. The standard InChI is InChI=1S/C33H42N6O4/c1-43-29(40)16-21-8-10-37(25-5-4-9-35-20-25)28(15-21)38-11-12-39(27-7-3-2-6-26(27)38)32(42)36-30-23-13-22-14-24(30)19-33(17-22,18-23)31(34)41/h2-7,9,20-24,28,30H,8,10-19H2,1H3,(H2,34,41)(H,36,42)/t21-,22?,23?,24?,28+,30?,33?/m0/s1. The minimum absolute atomic E-state index is 0.00776. The molecule has 2 aromatic rings. The van der Waals surface area contributed by atoms with Gasteiger partial charge in [-0.05, 0) is 92.9 Å². The summed E-state index contributed by atoms with van der Waals surface area (Å²) in [5, 5.41) is 3.44. The number of carbonyl (C=O) groups is 3. The number of para-hydroxylation sites is 2. The second kappa shape index (κ2) is 11.0. The smallest absolute Gasteiger partial charge is 0.322 e. The molecular weight excluding hydrogens is 544 g/mol. The number of nitrogens with two attached hydrogens (primary N) is 1. The second-order valence-corrected chi connectivity index (χ2v) is 13.5. The van der Waals surface area contributed by atoms with Gasteiger partial charge in [0.25, 0.3) is 0 Å². The van der Waals surface area contributed by atoms with E-state index in [-0.39, 0.29) is 41.4 Å². The number of primary amides is 1. The summed E-state index contributed by atoms with van der Waals surface area (Å²) in [6.07, 6.45) is 10.4. The van der Waals surface area contributed by atoms with E-state index >= 15 is 0 Å². The van der Waals surface area contributed by atoms with Crippen LogP contribution in [0.4, 0.5) is 21.9 Å². The van der Waals surface area contributed by atoms with Crippen LogP contribution in [0.3, 0.4) is 0 Å². The van der Waals surface area contributed by atoms with Gasteiger partial charge in [-0.25, -0.2) is 4.79 Å². The van der Waals surface area contributed by atoms with Crippen LogP contribution in [-0.4, -0.2) is 61.8 Å². The molecule has 3 heterocycles. The Morgan fingerprint density at radius 1 is 0.977 bits per heavy atom. The van der Waals surface area contributed by atoms with Crippen molar-refractivity contribution in [2.75, 3.05) is 41.4 Å². The summed E-state index contributed by atoms with van der Waals surface area (Å²) >= 11 is 0. The van der Waals surface area contributed by atoms with E-state index in [2.05, 4.69) is 32.2 Å². The Morgan fingerprint density at radius 2 is 1.74 bits per heavy atom. The van der Waals surface area contributed by atoms with Crippen LogP contribution in [0.2, 0.25) is 0 Å². The Morgan fingerprint density at radius 3 is 2.44 bits per heavy atom. The SMILES string of the molecule is COC(=O)C[C@H]1CCN(c2cccnc2)[C@H](N2CCN(C(=O)NC3C4CC5CC3CC(C(N)=O)(C5)C4)c3ccccc32)C1. The topological polar surface area (TPSA) is 121 Å². The zero-order chi connectivity index (χ0) is 29.7. The molecule has 2 aliphatic heterocycles. The van der Waals surface area contributed by atoms with Crippen molar-refractivity contribution < 1.29 is 19.1 Å². The molecule has 43 heavy (non-hydrogen) atoms. The molecule has 0 radical (unpaired) electrons. The van der Waals surface area contributed by atoms with E-state index < -0.39 is 0 Å². The maximum absolute atomic E-state index is 14.0. The van der Waals surface area contributed by atoms with E-state index in [0.29, 0.717) is 37.3 Å². The van der Waals surface area contributed by atoms with E-state index in [1.165, 1.54) is 7.11 Å². The number of hydrogen-bond donors (Lipinski definition) is 2. The molecule has 5 fully saturated rings. The van der Waals surface area contributed by atoms with Gasteiger partial charge in [-0.15, -0.1) is 0 Å². The fourth-order valence-corrected chi connectivity index (χ4v) is 9.33. The number of piperidine rings is 1. The molecule has 1 aromatic carbocycles. The first-order valence-electron chi connectivity index (χ1n) is 15.8. The molecule has 4 atom stereocenters. The number of nitrogens with zero attached hydrogens (tertiary/aromatic N) is 4. The number of benzene rings is 1. The number of urea groups is 1. The van der Waals surface area contributed by atoms with Crippen LogP contribution in [0.1, 0.15) is 51.4 Å². The molecule has 2 unspecified atom stereocenters. The van der Waals surface area contributed by atoms with Crippen LogP contribution >= 0.6 is 0 Å². The van der Waals surface area contributed by atoms with Crippen LogP contribution in [-0.2, 0) is 14.3 Å². The van der Waals surface area contributed by atoms with Gasteiger partial charge in [-0.3, -0.25) is 19.5 Å². The van der Waals surface area contributed by atoms with Gasteiger partial charge in [0.05, 0.1) is 30.4 Å². The van der Waals surface area contributed by atoms with Crippen molar-refractivity contribution in [1.82, 2.24) is 10.3 Å². The largest absolute Gasteiger partial charge is 0.469 e. The molecule has 3 amide bonds. The van der Waals surface area contributed by atoms with Crippen molar-refractivity contribution in [3.8, 4) is 0 Å². The summed E-state index contributed by atoms with van der Waals surface area (Å²) in [5.41, 5.74) is 8.49. The van der Waals surface area contributed by atoms with Gasteiger partial charge in [0, 0.05) is 43.7 Å². The van der Waals surface area contributed by atoms with Gasteiger partial charge in [-0.2, -0.15) is 0 Å². The zero-order valence-corrected chi connectivity index (χ0v) is 24.9. The van der Waals surface area contributed by atoms with Gasteiger partial charge in [0.2, 0.25) is 5.91 Å². The minimum Gasteiger partial charge on any atom is -0.469 e. The molecule has 3 N–H and O–H groups in total. The molecule has 4 bridgehead atoms. The maximum Gasteiger partial charge on any atom is 0.322 e. The average Bonchev–Trinajstić information content (AvgIpc) is 3.02. The van der Waals surface area contributed by atoms with Gasteiger partial charge in [0.15, 0.2) is 0 Å². The molecule has 1 saturated heterocycles. The van der Waals surface area contributed by atoms with Gasteiger partial charge in [0.1, 0.15) is 6.17 Å². The average molecular weight is 587 g/mol. The lowest BCUT2D eigenvalue weighted by Crippen LogP contribution is -2.64. The molecule has 228 valence electrons. The van der Waals surface area contributed by atoms with Crippen molar-refractivity contribution in [2.45, 2.75) is 63.6 Å². The number of hydrogen-bond acceptors (Lipinski definition) is 7. The van der Waals surface area contributed by atoms with Gasteiger partial charge < -0.3 is 25.6 Å². The number of anilines is 3. The number of aromatic nitrogens is 1.